The summed E-state index contributed by atoms with van der Waals surface area (Å²) in [6, 6.07) is 7.63. The van der Waals surface area contributed by atoms with Gasteiger partial charge in [-0.2, -0.15) is 4.98 Å². The molecule has 3 rings (SSSR count). The molecule has 0 bridgehead atoms. The molecule has 2 aromatic heterocycles. The summed E-state index contributed by atoms with van der Waals surface area (Å²) in [6.07, 6.45) is 4.31. The van der Waals surface area contributed by atoms with Gasteiger partial charge in [-0.25, -0.2) is 8.78 Å². The Kier molecular flexibility index (Phi) is 5.67. The van der Waals surface area contributed by atoms with Gasteiger partial charge in [0.2, 0.25) is 5.82 Å². The van der Waals surface area contributed by atoms with Crippen molar-refractivity contribution in [2.24, 2.45) is 0 Å². The number of benzene rings is 1. The summed E-state index contributed by atoms with van der Waals surface area (Å²) in [5, 5.41) is 5.96. The molecule has 4 nitrogen and oxygen atoms in total. The zero-order valence-corrected chi connectivity index (χ0v) is 14.4. The van der Waals surface area contributed by atoms with Crippen LogP contribution in [0.4, 0.5) is 8.78 Å². The van der Waals surface area contributed by atoms with Crippen LogP contribution in [0, 0.1) is 11.6 Å². The van der Waals surface area contributed by atoms with E-state index in [0.717, 1.165) is 42.0 Å². The lowest BCUT2D eigenvalue weighted by Crippen LogP contribution is -2.50. The standard InChI is InChI=1S/C18H17F2N3OS/c19-14-7-6-12(11-15(14)20)10-13(4-1-2-8-21)18-22-17(23-24-18)16-5-3-9-25-16/h3,5-7,9-11H,1-2,4,8,21H2/p+1/b13-10+. The fourth-order valence-corrected chi connectivity index (χ4v) is 3.05. The first-order chi connectivity index (χ1) is 12.2. The van der Waals surface area contributed by atoms with Crippen LogP contribution >= 0.6 is 11.3 Å². The van der Waals surface area contributed by atoms with Gasteiger partial charge < -0.3 is 10.3 Å². The third-order valence-electron chi connectivity index (χ3n) is 3.67. The van der Waals surface area contributed by atoms with Crippen molar-refractivity contribution in [3.05, 3.63) is 58.8 Å². The maximum atomic E-state index is 13.5. The van der Waals surface area contributed by atoms with Crippen LogP contribution in [0.2, 0.25) is 0 Å². The van der Waals surface area contributed by atoms with Crippen molar-refractivity contribution in [3.63, 3.8) is 0 Å². The van der Waals surface area contributed by atoms with E-state index in [1.807, 2.05) is 17.5 Å². The highest BCUT2D eigenvalue weighted by molar-refractivity contribution is 7.13. The molecule has 25 heavy (non-hydrogen) atoms. The number of allylic oxidation sites excluding steroid dienone is 1. The molecule has 3 N–H and O–H groups in total. The quantitative estimate of drug-likeness (QED) is 0.645. The van der Waals surface area contributed by atoms with Crippen molar-refractivity contribution in [1.82, 2.24) is 10.1 Å². The number of rotatable bonds is 7. The molecule has 0 saturated carbocycles. The lowest BCUT2D eigenvalue weighted by molar-refractivity contribution is -0.368. The van der Waals surface area contributed by atoms with Crippen LogP contribution < -0.4 is 5.73 Å². The lowest BCUT2D eigenvalue weighted by Gasteiger charge is -2.03. The first kappa shape index (κ1) is 17.4. The summed E-state index contributed by atoms with van der Waals surface area (Å²) in [4.78, 5) is 5.37. The smallest absolute Gasteiger partial charge is 0.254 e. The highest BCUT2D eigenvalue weighted by atomic mass is 32.1. The number of halogens is 2. The average Bonchev–Trinajstić information content (AvgIpc) is 3.28. The minimum atomic E-state index is -0.879. The molecule has 0 unspecified atom stereocenters. The second-order valence-electron chi connectivity index (χ2n) is 5.55. The minimum Gasteiger partial charge on any atom is -0.358 e. The van der Waals surface area contributed by atoms with E-state index in [4.69, 9.17) is 4.52 Å². The maximum Gasteiger partial charge on any atom is 0.254 e. The van der Waals surface area contributed by atoms with Gasteiger partial charge in [0.05, 0.1) is 11.4 Å². The van der Waals surface area contributed by atoms with Gasteiger partial charge in [0, 0.05) is 5.57 Å². The van der Waals surface area contributed by atoms with Gasteiger partial charge in [-0.1, -0.05) is 17.3 Å². The van der Waals surface area contributed by atoms with Crippen molar-refractivity contribution in [3.8, 4) is 10.7 Å². The number of hydrogen-bond donors (Lipinski definition) is 1. The molecule has 0 aliphatic heterocycles. The molecule has 0 aliphatic carbocycles. The minimum absolute atomic E-state index is 0.400. The van der Waals surface area contributed by atoms with E-state index in [1.54, 1.807) is 6.08 Å². The van der Waals surface area contributed by atoms with E-state index >= 15 is 0 Å². The van der Waals surface area contributed by atoms with E-state index in [9.17, 15) is 8.78 Å². The number of unbranched alkanes of at least 4 members (excludes halogenated alkanes) is 1. The Hall–Kier alpha value is -2.38. The summed E-state index contributed by atoms with van der Waals surface area (Å²) in [6.45, 7) is 0.836. The highest BCUT2D eigenvalue weighted by Gasteiger charge is 2.14. The van der Waals surface area contributed by atoms with E-state index in [2.05, 4.69) is 15.9 Å². The summed E-state index contributed by atoms with van der Waals surface area (Å²) < 4.78 is 32.0. The van der Waals surface area contributed by atoms with Crippen molar-refractivity contribution in [2.75, 3.05) is 6.54 Å². The van der Waals surface area contributed by atoms with Crippen LogP contribution in [-0.2, 0) is 0 Å². The number of aromatic nitrogens is 2. The Bertz CT molecular complexity index is 859. The molecule has 1 aromatic carbocycles. The monoisotopic (exact) mass is 362 g/mol. The Balaban J connectivity index is 1.91. The van der Waals surface area contributed by atoms with Crippen LogP contribution in [0.1, 0.15) is 30.7 Å². The molecule has 0 spiro atoms. The van der Waals surface area contributed by atoms with Gasteiger partial charge in [0.25, 0.3) is 5.89 Å². The first-order valence-corrected chi connectivity index (χ1v) is 8.88. The Morgan fingerprint density at radius 2 is 2.08 bits per heavy atom. The van der Waals surface area contributed by atoms with Gasteiger partial charge in [0.1, 0.15) is 0 Å². The topological polar surface area (TPSA) is 66.6 Å². The first-order valence-electron chi connectivity index (χ1n) is 8.00. The number of quaternary nitrogens is 1. The summed E-state index contributed by atoms with van der Waals surface area (Å²) in [5.74, 6) is -0.820. The summed E-state index contributed by atoms with van der Waals surface area (Å²) >= 11 is 1.53. The van der Waals surface area contributed by atoms with E-state index in [1.165, 1.54) is 17.4 Å². The van der Waals surface area contributed by atoms with Gasteiger partial charge in [-0.15, -0.1) is 11.3 Å². The average molecular weight is 362 g/mol. The molecule has 0 atom stereocenters. The van der Waals surface area contributed by atoms with Crippen LogP contribution in [-0.4, -0.2) is 16.7 Å². The predicted molar refractivity (Wildman–Crippen MR) is 93.4 cm³/mol. The van der Waals surface area contributed by atoms with E-state index in [0.29, 0.717) is 23.7 Å². The molecule has 0 saturated heterocycles. The van der Waals surface area contributed by atoms with Crippen molar-refractivity contribution >= 4 is 23.0 Å². The van der Waals surface area contributed by atoms with Crippen molar-refractivity contribution < 1.29 is 19.0 Å². The molecule has 3 aromatic rings. The second-order valence-corrected chi connectivity index (χ2v) is 6.50. The van der Waals surface area contributed by atoms with Gasteiger partial charge in [-0.3, -0.25) is 0 Å². The molecule has 0 amide bonds. The third kappa shape index (κ3) is 4.37. The molecule has 130 valence electrons. The Morgan fingerprint density at radius 1 is 1.20 bits per heavy atom. The van der Waals surface area contributed by atoms with Crippen molar-refractivity contribution in [2.45, 2.75) is 19.3 Å². The summed E-state index contributed by atoms with van der Waals surface area (Å²) in [7, 11) is 0. The van der Waals surface area contributed by atoms with E-state index in [-0.39, 0.29) is 0 Å². The number of nitrogens with zero attached hydrogens (tertiary/aromatic N) is 2. The predicted octanol–water partition coefficient (Wildman–Crippen LogP) is 4.03. The van der Waals surface area contributed by atoms with Gasteiger partial charge in [0.15, 0.2) is 11.6 Å². The number of thiophene rings is 1. The largest absolute Gasteiger partial charge is 0.358 e. The molecular weight excluding hydrogens is 344 g/mol. The zero-order valence-electron chi connectivity index (χ0n) is 13.5. The molecular formula is C18H18F2N3OS+. The van der Waals surface area contributed by atoms with Crippen molar-refractivity contribution in [1.29, 1.82) is 0 Å². The van der Waals surface area contributed by atoms with Crippen LogP contribution in [0.5, 0.6) is 0 Å². The van der Waals surface area contributed by atoms with Crippen LogP contribution in [0.3, 0.4) is 0 Å². The Morgan fingerprint density at radius 3 is 2.80 bits per heavy atom. The van der Waals surface area contributed by atoms with Crippen LogP contribution in [0.15, 0.2) is 40.2 Å². The SMILES string of the molecule is [NH3+]CCCC/C(=C\c1ccc(F)c(F)c1)c1nc(-c2cccs2)no1. The summed E-state index contributed by atoms with van der Waals surface area (Å²) in [5.41, 5.74) is 5.19. The molecule has 0 fully saturated rings. The zero-order chi connectivity index (χ0) is 17.6. The van der Waals surface area contributed by atoms with Crippen LogP contribution in [0.25, 0.3) is 22.4 Å². The molecule has 7 heteroatoms. The lowest BCUT2D eigenvalue weighted by atomic mass is 10.0. The fraction of sp³-hybridized carbons (Fsp3) is 0.222. The molecule has 0 radical (unpaired) electrons. The third-order valence-corrected chi connectivity index (χ3v) is 4.54. The number of hydrogen-bond acceptors (Lipinski definition) is 4. The Labute approximate surface area is 148 Å². The maximum absolute atomic E-state index is 13.5. The molecule has 2 heterocycles. The highest BCUT2D eigenvalue weighted by Crippen LogP contribution is 2.27. The normalized spacial score (nSPS) is 11.9. The van der Waals surface area contributed by atoms with E-state index < -0.39 is 11.6 Å². The second kappa shape index (κ2) is 8.13. The molecule has 0 aliphatic rings. The van der Waals surface area contributed by atoms with Gasteiger partial charge in [-0.05, 0) is 54.5 Å². The van der Waals surface area contributed by atoms with Gasteiger partial charge >= 0.3 is 0 Å². The fourth-order valence-electron chi connectivity index (χ4n) is 2.40.